The number of halogens is 2. The number of nitrogens with zero attached hydrogens (tertiary/aromatic N) is 1. The van der Waals surface area contributed by atoms with Crippen LogP contribution in [0.5, 0.6) is 0 Å². The van der Waals surface area contributed by atoms with Gasteiger partial charge in [0, 0.05) is 16.3 Å². The van der Waals surface area contributed by atoms with E-state index in [1.54, 1.807) is 18.2 Å². The molecule has 96 valence electrons. The summed E-state index contributed by atoms with van der Waals surface area (Å²) in [5.74, 6) is -0.414. The molecule has 0 aromatic heterocycles. The van der Waals surface area contributed by atoms with Crippen LogP contribution in [0.2, 0.25) is 0 Å². The van der Waals surface area contributed by atoms with Gasteiger partial charge in [-0.25, -0.2) is 8.78 Å². The van der Waals surface area contributed by atoms with Crippen LogP contribution in [0.15, 0.2) is 41.3 Å². The first kappa shape index (κ1) is 13.4. The Labute approximate surface area is 113 Å². The van der Waals surface area contributed by atoms with Gasteiger partial charge in [0.15, 0.2) is 0 Å². The molecule has 0 aliphatic rings. The van der Waals surface area contributed by atoms with Crippen LogP contribution in [-0.4, -0.2) is 0 Å². The molecule has 0 radical (unpaired) electrons. The lowest BCUT2D eigenvalue weighted by Crippen LogP contribution is -1.89. The van der Waals surface area contributed by atoms with Gasteiger partial charge in [0.25, 0.3) is 0 Å². The lowest BCUT2D eigenvalue weighted by molar-refractivity contribution is 0.623. The smallest absolute Gasteiger partial charge is 0.140 e. The van der Waals surface area contributed by atoms with Crippen molar-refractivity contribution in [3.63, 3.8) is 0 Å². The summed E-state index contributed by atoms with van der Waals surface area (Å²) in [4.78, 5) is 0.695. The lowest BCUT2D eigenvalue weighted by atomic mass is 10.1. The van der Waals surface area contributed by atoms with Crippen molar-refractivity contribution in [1.29, 1.82) is 5.26 Å². The predicted molar refractivity (Wildman–Crippen MR) is 71.5 cm³/mol. The van der Waals surface area contributed by atoms with Crippen LogP contribution in [0.4, 0.5) is 14.5 Å². The van der Waals surface area contributed by atoms with Crippen molar-refractivity contribution < 1.29 is 8.78 Å². The third-order valence-electron chi connectivity index (χ3n) is 2.45. The van der Waals surface area contributed by atoms with E-state index in [1.807, 2.05) is 0 Å². The van der Waals surface area contributed by atoms with Gasteiger partial charge >= 0.3 is 0 Å². The molecule has 19 heavy (non-hydrogen) atoms. The maximum atomic E-state index is 13.1. The lowest BCUT2D eigenvalue weighted by Gasteiger charge is -2.04. The highest BCUT2D eigenvalue weighted by Gasteiger charge is 2.04. The van der Waals surface area contributed by atoms with Crippen LogP contribution in [0.1, 0.15) is 11.1 Å². The van der Waals surface area contributed by atoms with Gasteiger partial charge in [0.1, 0.15) is 17.7 Å². The summed E-state index contributed by atoms with van der Waals surface area (Å²) >= 11 is 1.38. The second-order valence-electron chi connectivity index (χ2n) is 3.93. The number of hydrogen-bond acceptors (Lipinski definition) is 3. The number of benzene rings is 2. The molecule has 2 rings (SSSR count). The summed E-state index contributed by atoms with van der Waals surface area (Å²) in [6.45, 7) is 0. The Kier molecular flexibility index (Phi) is 4.03. The molecule has 2 nitrogen and oxygen atoms in total. The van der Waals surface area contributed by atoms with Gasteiger partial charge in [0.05, 0.1) is 5.56 Å². The fraction of sp³-hybridized carbons (Fsp3) is 0.0714. The molecule has 0 heterocycles. The van der Waals surface area contributed by atoms with Gasteiger partial charge in [-0.1, -0.05) is 6.07 Å². The van der Waals surface area contributed by atoms with Crippen LogP contribution in [0.25, 0.3) is 0 Å². The van der Waals surface area contributed by atoms with E-state index in [4.69, 9.17) is 11.0 Å². The van der Waals surface area contributed by atoms with Crippen LogP contribution < -0.4 is 5.73 Å². The van der Waals surface area contributed by atoms with E-state index >= 15 is 0 Å². The third-order valence-corrected chi connectivity index (χ3v) is 3.50. The fourth-order valence-electron chi connectivity index (χ4n) is 1.58. The van der Waals surface area contributed by atoms with E-state index in [0.29, 0.717) is 16.3 Å². The van der Waals surface area contributed by atoms with E-state index < -0.39 is 5.82 Å². The maximum Gasteiger partial charge on any atom is 0.140 e. The number of thioether (sulfide) groups is 1. The minimum Gasteiger partial charge on any atom is -0.399 e. The molecule has 2 N–H and O–H groups in total. The topological polar surface area (TPSA) is 49.8 Å². The Morgan fingerprint density at radius 3 is 2.63 bits per heavy atom. The molecule has 2 aromatic rings. The normalized spacial score (nSPS) is 10.2. The van der Waals surface area contributed by atoms with E-state index in [-0.39, 0.29) is 11.4 Å². The molecule has 0 aliphatic carbocycles. The van der Waals surface area contributed by atoms with E-state index in [1.165, 1.54) is 36.0 Å². The van der Waals surface area contributed by atoms with Crippen molar-refractivity contribution in [2.45, 2.75) is 10.6 Å². The van der Waals surface area contributed by atoms with Gasteiger partial charge < -0.3 is 5.73 Å². The number of anilines is 1. The van der Waals surface area contributed by atoms with Crippen molar-refractivity contribution in [2.75, 3.05) is 5.73 Å². The standard InChI is InChI=1S/C14H10F2N2S/c15-11-4-12(18)6-13(5-11)19-8-9-1-2-14(16)10(3-9)7-17/h1-6H,8,18H2. The van der Waals surface area contributed by atoms with Gasteiger partial charge in [0.2, 0.25) is 0 Å². The largest absolute Gasteiger partial charge is 0.399 e. The zero-order chi connectivity index (χ0) is 13.8. The Morgan fingerprint density at radius 2 is 1.95 bits per heavy atom. The predicted octanol–water partition coefficient (Wildman–Crippen LogP) is 3.71. The molecule has 0 unspecified atom stereocenters. The van der Waals surface area contributed by atoms with Gasteiger partial charge in [-0.2, -0.15) is 5.26 Å². The number of nitrogens with two attached hydrogens (primary N) is 1. The second-order valence-corrected chi connectivity index (χ2v) is 4.98. The van der Waals surface area contributed by atoms with E-state index in [2.05, 4.69) is 0 Å². The molecule has 0 saturated heterocycles. The number of rotatable bonds is 3. The molecular weight excluding hydrogens is 266 g/mol. The van der Waals surface area contributed by atoms with Crippen molar-refractivity contribution in [3.8, 4) is 6.07 Å². The van der Waals surface area contributed by atoms with Crippen molar-refractivity contribution in [2.24, 2.45) is 0 Å². The molecule has 2 aromatic carbocycles. The molecule has 5 heteroatoms. The summed E-state index contributed by atoms with van der Waals surface area (Å²) in [7, 11) is 0. The van der Waals surface area contributed by atoms with E-state index in [0.717, 1.165) is 5.56 Å². The number of nitriles is 1. The quantitative estimate of drug-likeness (QED) is 0.686. The van der Waals surface area contributed by atoms with Gasteiger partial charge in [-0.3, -0.25) is 0 Å². The first-order valence-electron chi connectivity index (χ1n) is 5.46. The van der Waals surface area contributed by atoms with Crippen LogP contribution in [-0.2, 0) is 5.75 Å². The Hall–Kier alpha value is -2.06. The van der Waals surface area contributed by atoms with Crippen molar-refractivity contribution >= 4 is 17.4 Å². The molecule has 0 bridgehead atoms. The zero-order valence-corrected chi connectivity index (χ0v) is 10.7. The highest BCUT2D eigenvalue weighted by molar-refractivity contribution is 7.98. The first-order chi connectivity index (χ1) is 9.08. The average Bonchev–Trinajstić information content (AvgIpc) is 2.36. The first-order valence-corrected chi connectivity index (χ1v) is 6.44. The van der Waals surface area contributed by atoms with Crippen LogP contribution >= 0.6 is 11.8 Å². The monoisotopic (exact) mass is 276 g/mol. The average molecular weight is 276 g/mol. The molecule has 0 aliphatic heterocycles. The maximum absolute atomic E-state index is 13.1. The minimum absolute atomic E-state index is 0.0110. The van der Waals surface area contributed by atoms with Crippen LogP contribution in [0.3, 0.4) is 0 Å². The minimum atomic E-state index is -0.536. The Morgan fingerprint density at radius 1 is 1.16 bits per heavy atom. The highest BCUT2D eigenvalue weighted by Crippen LogP contribution is 2.26. The van der Waals surface area contributed by atoms with Crippen molar-refractivity contribution in [3.05, 3.63) is 59.2 Å². The van der Waals surface area contributed by atoms with Crippen molar-refractivity contribution in [1.82, 2.24) is 0 Å². The summed E-state index contributed by atoms with van der Waals surface area (Å²) in [5, 5.41) is 8.74. The van der Waals surface area contributed by atoms with E-state index in [9.17, 15) is 8.78 Å². The van der Waals surface area contributed by atoms with Gasteiger partial charge in [-0.05, 0) is 35.9 Å². The fourth-order valence-corrected chi connectivity index (χ4v) is 2.51. The third kappa shape index (κ3) is 3.46. The SMILES string of the molecule is N#Cc1cc(CSc2cc(N)cc(F)c2)ccc1F. The summed E-state index contributed by atoms with van der Waals surface area (Å²) in [6, 6.07) is 10.4. The zero-order valence-electron chi connectivity index (χ0n) is 9.86. The Bertz CT molecular complexity index is 630. The number of nitrogen functional groups attached to an aromatic ring is 1. The molecular formula is C14H10F2N2S. The summed E-state index contributed by atoms with van der Waals surface area (Å²) < 4.78 is 26.3. The second kappa shape index (κ2) is 5.72. The summed E-state index contributed by atoms with van der Waals surface area (Å²) in [6.07, 6.45) is 0. The highest BCUT2D eigenvalue weighted by atomic mass is 32.2. The molecule has 0 fully saturated rings. The summed E-state index contributed by atoms with van der Waals surface area (Å²) in [5.41, 5.74) is 6.72. The molecule has 0 spiro atoms. The molecule has 0 amide bonds. The molecule has 0 saturated carbocycles. The van der Waals surface area contributed by atoms with Gasteiger partial charge in [-0.15, -0.1) is 11.8 Å². The number of hydrogen-bond donors (Lipinski definition) is 1. The molecule has 0 atom stereocenters. The van der Waals surface area contributed by atoms with Crippen LogP contribution in [0, 0.1) is 23.0 Å². The Balaban J connectivity index is 2.12.